The van der Waals surface area contributed by atoms with Crippen LogP contribution >= 0.6 is 27.5 Å². The van der Waals surface area contributed by atoms with Gasteiger partial charge >= 0.3 is 0 Å². The normalized spacial score (nSPS) is 11.1. The molecule has 2 aromatic rings. The van der Waals surface area contributed by atoms with E-state index in [1.54, 1.807) is 6.20 Å². The van der Waals surface area contributed by atoms with Crippen LogP contribution in [0.1, 0.15) is 13.8 Å². The Morgan fingerprint density at radius 1 is 1.38 bits per heavy atom. The molecule has 0 aliphatic heterocycles. The van der Waals surface area contributed by atoms with Crippen molar-refractivity contribution in [3.8, 4) is 0 Å². The first-order valence-corrected chi connectivity index (χ1v) is 6.26. The van der Waals surface area contributed by atoms with E-state index in [2.05, 4.69) is 40.1 Å². The molecule has 2 rings (SSSR count). The highest BCUT2D eigenvalue weighted by atomic mass is 79.9. The van der Waals surface area contributed by atoms with E-state index in [1.807, 2.05) is 18.2 Å². The van der Waals surface area contributed by atoms with Gasteiger partial charge in [0, 0.05) is 27.5 Å². The average molecular weight is 300 g/mol. The van der Waals surface area contributed by atoms with Crippen LogP contribution in [0.3, 0.4) is 0 Å². The minimum Gasteiger partial charge on any atom is -0.367 e. The van der Waals surface area contributed by atoms with Gasteiger partial charge in [-0.15, -0.1) is 0 Å². The van der Waals surface area contributed by atoms with Crippen LogP contribution in [-0.4, -0.2) is 11.0 Å². The highest BCUT2D eigenvalue weighted by Gasteiger charge is 2.09. The molecule has 16 heavy (non-hydrogen) atoms. The van der Waals surface area contributed by atoms with Crippen LogP contribution in [0.2, 0.25) is 5.02 Å². The summed E-state index contributed by atoms with van der Waals surface area (Å²) in [6.07, 6.45) is 1.80. The minimum atomic E-state index is 0.327. The second-order valence-electron chi connectivity index (χ2n) is 3.92. The maximum Gasteiger partial charge on any atom is 0.135 e. The van der Waals surface area contributed by atoms with Gasteiger partial charge < -0.3 is 5.32 Å². The van der Waals surface area contributed by atoms with Gasteiger partial charge in [-0.2, -0.15) is 0 Å². The molecule has 0 aliphatic rings. The van der Waals surface area contributed by atoms with Crippen molar-refractivity contribution < 1.29 is 0 Å². The Morgan fingerprint density at radius 2 is 2.12 bits per heavy atom. The van der Waals surface area contributed by atoms with Crippen molar-refractivity contribution in [3.63, 3.8) is 0 Å². The topological polar surface area (TPSA) is 24.9 Å². The van der Waals surface area contributed by atoms with Gasteiger partial charge in [0.15, 0.2) is 0 Å². The van der Waals surface area contributed by atoms with E-state index in [0.29, 0.717) is 6.04 Å². The molecular formula is C12H12BrClN2. The molecule has 84 valence electrons. The minimum absolute atomic E-state index is 0.327. The van der Waals surface area contributed by atoms with Gasteiger partial charge in [-0.25, -0.2) is 4.98 Å². The van der Waals surface area contributed by atoms with Crippen LogP contribution in [0, 0.1) is 0 Å². The largest absolute Gasteiger partial charge is 0.367 e. The Hall–Kier alpha value is -0.800. The molecule has 0 unspecified atom stereocenters. The van der Waals surface area contributed by atoms with E-state index in [-0.39, 0.29) is 0 Å². The average Bonchev–Trinajstić information content (AvgIpc) is 2.22. The number of hydrogen-bond acceptors (Lipinski definition) is 2. The molecule has 0 radical (unpaired) electrons. The van der Waals surface area contributed by atoms with Crippen molar-refractivity contribution in [3.05, 3.63) is 33.9 Å². The molecule has 0 bridgehead atoms. The number of anilines is 1. The van der Waals surface area contributed by atoms with Gasteiger partial charge in [-0.3, -0.25) is 0 Å². The summed E-state index contributed by atoms with van der Waals surface area (Å²) < 4.78 is 0.958. The van der Waals surface area contributed by atoms with Crippen LogP contribution in [0.15, 0.2) is 28.9 Å². The van der Waals surface area contributed by atoms with E-state index in [1.165, 1.54) is 0 Å². The molecule has 1 N–H and O–H groups in total. The Balaban J connectivity index is 2.71. The number of hydrogen-bond donors (Lipinski definition) is 1. The number of pyridine rings is 1. The number of aromatic nitrogens is 1. The SMILES string of the molecule is CC(C)Nc1ncc(Br)c2cccc(Cl)c12. The van der Waals surface area contributed by atoms with Crippen molar-refractivity contribution in [2.45, 2.75) is 19.9 Å². The molecule has 1 heterocycles. The Kier molecular flexibility index (Phi) is 3.36. The smallest absolute Gasteiger partial charge is 0.135 e. The second kappa shape index (κ2) is 4.60. The first kappa shape index (κ1) is 11.7. The van der Waals surface area contributed by atoms with Crippen LogP contribution in [0.4, 0.5) is 5.82 Å². The van der Waals surface area contributed by atoms with Gasteiger partial charge in [-0.1, -0.05) is 23.7 Å². The third-order valence-electron chi connectivity index (χ3n) is 2.24. The molecular weight excluding hydrogens is 288 g/mol. The molecule has 0 fully saturated rings. The lowest BCUT2D eigenvalue weighted by atomic mass is 10.1. The van der Waals surface area contributed by atoms with Crippen LogP contribution in [0.5, 0.6) is 0 Å². The molecule has 0 saturated carbocycles. The number of halogens is 2. The third kappa shape index (κ3) is 2.15. The van der Waals surface area contributed by atoms with Gasteiger partial charge in [0.25, 0.3) is 0 Å². The third-order valence-corrected chi connectivity index (χ3v) is 3.19. The lowest BCUT2D eigenvalue weighted by molar-refractivity contribution is 0.892. The van der Waals surface area contributed by atoms with Crippen LogP contribution < -0.4 is 5.32 Å². The number of nitrogens with zero attached hydrogens (tertiary/aromatic N) is 1. The zero-order valence-corrected chi connectivity index (χ0v) is 11.4. The molecule has 2 nitrogen and oxygen atoms in total. The standard InChI is InChI=1S/C12H12BrClN2/c1-7(2)16-12-11-8(9(13)6-15-12)4-3-5-10(11)14/h3-7H,1-2H3,(H,15,16). The van der Waals surface area contributed by atoms with Crippen molar-refractivity contribution in [1.29, 1.82) is 0 Å². The van der Waals surface area contributed by atoms with Crippen molar-refractivity contribution in [2.75, 3.05) is 5.32 Å². The Labute approximate surface area is 108 Å². The monoisotopic (exact) mass is 298 g/mol. The van der Waals surface area contributed by atoms with E-state index < -0.39 is 0 Å². The zero-order valence-electron chi connectivity index (χ0n) is 9.09. The highest BCUT2D eigenvalue weighted by Crippen LogP contribution is 2.33. The molecule has 0 atom stereocenters. The summed E-state index contributed by atoms with van der Waals surface area (Å²) in [6.45, 7) is 4.15. The lowest BCUT2D eigenvalue weighted by Crippen LogP contribution is -2.11. The van der Waals surface area contributed by atoms with Gasteiger partial charge in [0.1, 0.15) is 5.82 Å². The second-order valence-corrected chi connectivity index (χ2v) is 5.18. The van der Waals surface area contributed by atoms with E-state index in [9.17, 15) is 0 Å². The summed E-state index contributed by atoms with van der Waals surface area (Å²) in [5, 5.41) is 6.06. The fourth-order valence-corrected chi connectivity index (χ4v) is 2.30. The fourth-order valence-electron chi connectivity index (χ4n) is 1.60. The first-order valence-electron chi connectivity index (χ1n) is 5.09. The van der Waals surface area contributed by atoms with Crippen LogP contribution in [-0.2, 0) is 0 Å². The van der Waals surface area contributed by atoms with E-state index in [4.69, 9.17) is 11.6 Å². The predicted octanol–water partition coefficient (Wildman–Crippen LogP) is 4.47. The van der Waals surface area contributed by atoms with Crippen molar-refractivity contribution in [1.82, 2.24) is 4.98 Å². The highest BCUT2D eigenvalue weighted by molar-refractivity contribution is 9.10. The molecule has 0 aliphatic carbocycles. The van der Waals surface area contributed by atoms with Crippen molar-refractivity contribution in [2.24, 2.45) is 0 Å². The molecule has 0 spiro atoms. The fraction of sp³-hybridized carbons (Fsp3) is 0.250. The summed E-state index contributed by atoms with van der Waals surface area (Å²) in [6, 6.07) is 6.17. The number of benzene rings is 1. The van der Waals surface area contributed by atoms with Gasteiger partial charge in [0.05, 0.1) is 5.02 Å². The van der Waals surface area contributed by atoms with Gasteiger partial charge in [0.2, 0.25) is 0 Å². The van der Waals surface area contributed by atoms with E-state index in [0.717, 1.165) is 26.1 Å². The maximum absolute atomic E-state index is 6.22. The predicted molar refractivity (Wildman–Crippen MR) is 73.2 cm³/mol. The quantitative estimate of drug-likeness (QED) is 0.885. The molecule has 0 amide bonds. The lowest BCUT2D eigenvalue weighted by Gasteiger charge is -2.13. The zero-order chi connectivity index (χ0) is 11.7. The number of nitrogens with one attached hydrogen (secondary N) is 1. The van der Waals surface area contributed by atoms with Crippen LogP contribution in [0.25, 0.3) is 10.8 Å². The summed E-state index contributed by atoms with van der Waals surface area (Å²) in [5.41, 5.74) is 0. The first-order chi connectivity index (χ1) is 7.59. The Morgan fingerprint density at radius 3 is 2.81 bits per heavy atom. The number of rotatable bonds is 2. The molecule has 4 heteroatoms. The summed E-state index contributed by atoms with van der Waals surface area (Å²) in [7, 11) is 0. The molecule has 1 aromatic heterocycles. The molecule has 0 saturated heterocycles. The number of fused-ring (bicyclic) bond motifs is 1. The van der Waals surface area contributed by atoms with Crippen molar-refractivity contribution >= 4 is 44.1 Å². The molecule has 1 aromatic carbocycles. The Bertz CT molecular complexity index is 526. The van der Waals surface area contributed by atoms with Gasteiger partial charge in [-0.05, 0) is 35.8 Å². The van der Waals surface area contributed by atoms with E-state index >= 15 is 0 Å². The summed E-state index contributed by atoms with van der Waals surface area (Å²) in [4.78, 5) is 4.36. The summed E-state index contributed by atoms with van der Waals surface area (Å²) >= 11 is 9.70. The summed E-state index contributed by atoms with van der Waals surface area (Å²) in [5.74, 6) is 0.832. The maximum atomic E-state index is 6.22.